The highest BCUT2D eigenvalue weighted by Crippen LogP contribution is 2.27. The fourth-order valence-electron chi connectivity index (χ4n) is 8.02. The standard InChI is InChI=1S/C47H86N8O10/c1-12-14-15-20-25-37-32(4)43(60)55(11)36(22-13-2)41(58)54-38(33-23-18-16-17-19-24-33)42(59)53-35(29-50-45(62)65-47(8,9)10)40(57)52-34(39(56)51-31(3)30-63-37)28-48-26-21-27-49-44(61)64-46(5,6)7/h31-38,48H,12-30H2,1-11H3,(H,49,61)(H,50,62)(H,51,56)(H,52,57)(H,53,59)(H,54,58)/t31-,32-,34+,35+,36+,37-,38+/m1/s1. The Labute approximate surface area is 389 Å². The van der Waals surface area contributed by atoms with Crippen LogP contribution in [0.15, 0.2) is 0 Å². The van der Waals surface area contributed by atoms with E-state index in [4.69, 9.17) is 14.2 Å². The molecule has 0 aromatic carbocycles. The Bertz CT molecular complexity index is 1510. The predicted molar refractivity (Wildman–Crippen MR) is 250 cm³/mol. The number of nitrogens with zero attached hydrogens (tertiary/aromatic N) is 1. The van der Waals surface area contributed by atoms with Gasteiger partial charge in [0.05, 0.1) is 25.2 Å². The summed E-state index contributed by atoms with van der Waals surface area (Å²) < 4.78 is 17.2. The van der Waals surface area contributed by atoms with Crippen LogP contribution in [0, 0.1) is 11.8 Å². The van der Waals surface area contributed by atoms with Gasteiger partial charge in [-0.2, -0.15) is 0 Å². The number of unbranched alkanes of at least 4 members (excludes halogenated alkanes) is 3. The molecule has 0 bridgehead atoms. The molecule has 1 aliphatic carbocycles. The Balaban J connectivity index is 2.59. The Morgan fingerprint density at radius 2 is 1.26 bits per heavy atom. The van der Waals surface area contributed by atoms with Gasteiger partial charge in [-0.1, -0.05) is 78.6 Å². The van der Waals surface area contributed by atoms with Crippen molar-refractivity contribution in [3.8, 4) is 0 Å². The number of carbonyl (C=O) groups excluding carboxylic acids is 7. The van der Waals surface area contributed by atoms with Crippen molar-refractivity contribution in [2.45, 2.75) is 207 Å². The molecule has 65 heavy (non-hydrogen) atoms. The molecular weight excluding hydrogens is 837 g/mol. The summed E-state index contributed by atoms with van der Waals surface area (Å²) in [7, 11) is 1.62. The lowest BCUT2D eigenvalue weighted by molar-refractivity contribution is -0.147. The predicted octanol–water partition coefficient (Wildman–Crippen LogP) is 4.58. The highest BCUT2D eigenvalue weighted by Gasteiger charge is 2.39. The van der Waals surface area contributed by atoms with Gasteiger partial charge in [-0.25, -0.2) is 9.59 Å². The minimum absolute atomic E-state index is 0.0325. The van der Waals surface area contributed by atoms with Crippen LogP contribution in [0.25, 0.3) is 0 Å². The zero-order chi connectivity index (χ0) is 48.7. The smallest absolute Gasteiger partial charge is 0.407 e. The maximum absolute atomic E-state index is 14.6. The van der Waals surface area contributed by atoms with Crippen LogP contribution in [0.4, 0.5) is 9.59 Å². The molecule has 1 saturated carbocycles. The van der Waals surface area contributed by atoms with Crippen molar-refractivity contribution >= 4 is 41.7 Å². The van der Waals surface area contributed by atoms with Crippen molar-refractivity contribution in [1.82, 2.24) is 42.1 Å². The SMILES string of the molecule is CCCCCC[C@H]1OC[C@@H](C)NC(=O)[C@H](CNCCCNC(=O)OC(C)(C)C)NC(=O)[C@H](CNC(=O)OC(C)(C)C)NC(=O)[C@H](C2CCCCCC2)NC(=O)[C@H](CCC)N(C)C(=O)[C@@H]1C. The Hall–Kier alpha value is -4.19. The lowest BCUT2D eigenvalue weighted by Crippen LogP contribution is -2.63. The van der Waals surface area contributed by atoms with E-state index >= 15 is 0 Å². The van der Waals surface area contributed by atoms with Crippen LogP contribution >= 0.6 is 0 Å². The number of amides is 7. The van der Waals surface area contributed by atoms with Gasteiger partial charge in [0.1, 0.15) is 35.4 Å². The van der Waals surface area contributed by atoms with Gasteiger partial charge in [-0.15, -0.1) is 0 Å². The summed E-state index contributed by atoms with van der Waals surface area (Å²) in [5.41, 5.74) is -1.50. The number of hydrogen-bond acceptors (Lipinski definition) is 11. The number of carbonyl (C=O) groups is 7. The first-order valence-electron chi connectivity index (χ1n) is 24.3. The summed E-state index contributed by atoms with van der Waals surface area (Å²) >= 11 is 0. The zero-order valence-electron chi connectivity index (χ0n) is 41.6. The van der Waals surface area contributed by atoms with E-state index in [1.165, 1.54) is 4.90 Å². The van der Waals surface area contributed by atoms with E-state index in [0.717, 1.165) is 51.4 Å². The minimum Gasteiger partial charge on any atom is -0.444 e. The molecule has 0 spiro atoms. The maximum Gasteiger partial charge on any atom is 0.407 e. The summed E-state index contributed by atoms with van der Waals surface area (Å²) in [6.45, 7) is 18.3. The van der Waals surface area contributed by atoms with E-state index in [0.29, 0.717) is 45.1 Å². The quantitative estimate of drug-likeness (QED) is 0.0837. The van der Waals surface area contributed by atoms with Crippen molar-refractivity contribution in [3.63, 3.8) is 0 Å². The molecule has 1 heterocycles. The largest absolute Gasteiger partial charge is 0.444 e. The molecule has 0 radical (unpaired) electrons. The van der Waals surface area contributed by atoms with Gasteiger partial charge in [0.2, 0.25) is 29.5 Å². The van der Waals surface area contributed by atoms with Gasteiger partial charge in [0, 0.05) is 26.2 Å². The molecule has 2 fully saturated rings. The van der Waals surface area contributed by atoms with E-state index in [1.54, 1.807) is 55.5 Å². The maximum atomic E-state index is 14.6. The fourth-order valence-corrected chi connectivity index (χ4v) is 8.02. The van der Waals surface area contributed by atoms with Crippen molar-refractivity contribution in [2.75, 3.05) is 39.8 Å². The number of rotatable bonds is 16. The van der Waals surface area contributed by atoms with Crippen LogP contribution in [-0.2, 0) is 38.2 Å². The van der Waals surface area contributed by atoms with Crippen molar-refractivity contribution in [3.05, 3.63) is 0 Å². The van der Waals surface area contributed by atoms with Crippen LogP contribution in [0.5, 0.6) is 0 Å². The van der Waals surface area contributed by atoms with Gasteiger partial charge < -0.3 is 56.3 Å². The lowest BCUT2D eigenvalue weighted by Gasteiger charge is -2.34. The third-order valence-corrected chi connectivity index (χ3v) is 11.5. The van der Waals surface area contributed by atoms with Crippen molar-refractivity contribution < 1.29 is 47.8 Å². The second-order valence-corrected chi connectivity index (χ2v) is 19.9. The molecule has 1 aliphatic heterocycles. The van der Waals surface area contributed by atoms with Crippen LogP contribution in [0.3, 0.4) is 0 Å². The fraction of sp³-hybridized carbons (Fsp3) is 0.851. The van der Waals surface area contributed by atoms with Gasteiger partial charge >= 0.3 is 12.2 Å². The summed E-state index contributed by atoms with van der Waals surface area (Å²) in [6, 6.07) is -5.07. The second kappa shape index (κ2) is 28.8. The number of hydrogen-bond donors (Lipinski definition) is 7. The topological polar surface area (TPSA) is 235 Å². The molecule has 0 aromatic rings. The molecule has 0 unspecified atom stereocenters. The van der Waals surface area contributed by atoms with E-state index in [1.807, 2.05) is 13.8 Å². The summed E-state index contributed by atoms with van der Waals surface area (Å²) in [5, 5.41) is 20.1. The van der Waals surface area contributed by atoms with Gasteiger partial charge in [-0.05, 0) is 93.0 Å². The first-order valence-corrected chi connectivity index (χ1v) is 24.3. The first-order chi connectivity index (χ1) is 30.6. The minimum atomic E-state index is -1.40. The molecule has 7 amide bonds. The monoisotopic (exact) mass is 923 g/mol. The van der Waals surface area contributed by atoms with Gasteiger partial charge in [-0.3, -0.25) is 24.0 Å². The average molecular weight is 923 g/mol. The van der Waals surface area contributed by atoms with Crippen LogP contribution in [0.1, 0.15) is 159 Å². The number of nitrogens with one attached hydrogen (secondary N) is 7. The van der Waals surface area contributed by atoms with Crippen molar-refractivity contribution in [2.24, 2.45) is 11.8 Å². The Morgan fingerprint density at radius 1 is 0.677 bits per heavy atom. The summed E-state index contributed by atoms with van der Waals surface area (Å²) in [5.74, 6) is -3.55. The summed E-state index contributed by atoms with van der Waals surface area (Å²) in [6.07, 6.45) is 8.98. The van der Waals surface area contributed by atoms with Crippen molar-refractivity contribution in [1.29, 1.82) is 0 Å². The second-order valence-electron chi connectivity index (χ2n) is 19.9. The molecule has 374 valence electrons. The summed E-state index contributed by atoms with van der Waals surface area (Å²) in [4.78, 5) is 98.3. The first kappa shape index (κ1) is 56.9. The molecule has 1 saturated heterocycles. The molecule has 7 atom stereocenters. The van der Waals surface area contributed by atoms with Crippen LogP contribution in [0.2, 0.25) is 0 Å². The van der Waals surface area contributed by atoms with Gasteiger partial charge in [0.15, 0.2) is 0 Å². The number of alkyl carbamates (subject to hydrolysis) is 2. The number of likely N-dealkylation sites (N-methyl/N-ethyl adjacent to an activating group) is 1. The third kappa shape index (κ3) is 22.2. The van der Waals surface area contributed by atoms with E-state index in [-0.39, 0.29) is 31.5 Å². The average Bonchev–Trinajstić information content (AvgIpc) is 3.51. The number of ether oxygens (including phenoxy) is 3. The molecule has 0 aromatic heterocycles. The van der Waals surface area contributed by atoms with E-state index in [2.05, 4.69) is 44.1 Å². The lowest BCUT2D eigenvalue weighted by atomic mass is 9.90. The van der Waals surface area contributed by atoms with E-state index < -0.39 is 95.8 Å². The highest BCUT2D eigenvalue weighted by atomic mass is 16.6. The molecule has 18 nitrogen and oxygen atoms in total. The molecule has 2 rings (SSSR count). The zero-order valence-corrected chi connectivity index (χ0v) is 41.6. The highest BCUT2D eigenvalue weighted by molar-refractivity contribution is 5.96. The molecule has 18 heteroatoms. The van der Waals surface area contributed by atoms with Gasteiger partial charge in [0.25, 0.3) is 0 Å². The molecular formula is C47H86N8O10. The van der Waals surface area contributed by atoms with Crippen LogP contribution in [-0.4, -0.2) is 134 Å². The third-order valence-electron chi connectivity index (χ3n) is 11.5. The normalized spacial score (nSPS) is 25.4. The van der Waals surface area contributed by atoms with Crippen LogP contribution < -0.4 is 37.2 Å². The Morgan fingerprint density at radius 3 is 1.86 bits per heavy atom. The molecule has 2 aliphatic rings. The Kier molecular flexibility index (Phi) is 25.2. The van der Waals surface area contributed by atoms with E-state index in [9.17, 15) is 33.6 Å². The molecule has 7 N–H and O–H groups in total.